The van der Waals surface area contributed by atoms with Crippen LogP contribution >= 0.6 is 0 Å². The van der Waals surface area contributed by atoms with Gasteiger partial charge in [0.05, 0.1) is 6.54 Å². The average molecular weight is 292 g/mol. The van der Waals surface area contributed by atoms with Gasteiger partial charge in [0.15, 0.2) is 0 Å². The summed E-state index contributed by atoms with van der Waals surface area (Å²) in [6.07, 6.45) is 3.52. The van der Waals surface area contributed by atoms with Crippen molar-refractivity contribution in [2.75, 3.05) is 7.05 Å². The molecule has 0 saturated heterocycles. The molecule has 0 aliphatic rings. The zero-order valence-corrected chi connectivity index (χ0v) is 12.7. The highest BCUT2D eigenvalue weighted by molar-refractivity contribution is 5.21. The molecule has 1 unspecified atom stereocenters. The third-order valence-electron chi connectivity index (χ3n) is 3.69. The molecule has 0 radical (unpaired) electrons. The fraction of sp³-hybridized carbons (Fsp3) is 0.412. The lowest BCUT2D eigenvalue weighted by molar-refractivity contribution is -0.0221. The smallest absolute Gasteiger partial charge is 0.290 e. The first kappa shape index (κ1) is 15.7. The van der Waals surface area contributed by atoms with Gasteiger partial charge >= 0.3 is 0 Å². The largest absolute Gasteiger partial charge is 0.348 e. The van der Waals surface area contributed by atoms with Gasteiger partial charge in [0.1, 0.15) is 0 Å². The van der Waals surface area contributed by atoms with Crippen molar-refractivity contribution >= 4 is 0 Å². The molecule has 1 aromatic heterocycles. The van der Waals surface area contributed by atoms with Crippen LogP contribution < -0.4 is 5.32 Å². The Hall–Kier alpha value is -1.68. The SMILES string of the molecule is CNC(c1ccn(CC(F)(F)c2ccccc2)c1)C(C)C. The fourth-order valence-electron chi connectivity index (χ4n) is 2.63. The molecule has 0 aliphatic heterocycles. The second kappa shape index (κ2) is 6.39. The zero-order chi connectivity index (χ0) is 15.5. The standard InChI is InChI=1S/C17H22F2N2/c1-13(2)16(20-3)14-9-10-21(11-14)12-17(18,19)15-7-5-4-6-8-15/h4-11,13,16,20H,12H2,1-3H3. The van der Waals surface area contributed by atoms with E-state index in [4.69, 9.17) is 0 Å². The summed E-state index contributed by atoms with van der Waals surface area (Å²) in [7, 11) is 1.89. The minimum Gasteiger partial charge on any atom is -0.348 e. The van der Waals surface area contributed by atoms with E-state index in [2.05, 4.69) is 19.2 Å². The Morgan fingerprint density at radius 2 is 1.81 bits per heavy atom. The Morgan fingerprint density at radius 1 is 1.14 bits per heavy atom. The number of nitrogens with zero attached hydrogens (tertiary/aromatic N) is 1. The van der Waals surface area contributed by atoms with Crippen LogP contribution in [0.3, 0.4) is 0 Å². The number of halogens is 2. The van der Waals surface area contributed by atoms with Gasteiger partial charge in [0.25, 0.3) is 5.92 Å². The number of nitrogens with one attached hydrogen (secondary N) is 1. The maximum Gasteiger partial charge on any atom is 0.290 e. The molecule has 114 valence electrons. The summed E-state index contributed by atoms with van der Waals surface area (Å²) in [5, 5.41) is 3.22. The normalized spacial score (nSPS) is 13.6. The molecule has 2 rings (SSSR count). The summed E-state index contributed by atoms with van der Waals surface area (Å²) in [5.74, 6) is -2.47. The number of rotatable bonds is 6. The summed E-state index contributed by atoms with van der Waals surface area (Å²) in [6.45, 7) is 3.87. The molecule has 1 aromatic carbocycles. The first-order valence-electron chi connectivity index (χ1n) is 7.20. The molecule has 1 N–H and O–H groups in total. The highest BCUT2D eigenvalue weighted by Crippen LogP contribution is 2.30. The summed E-state index contributed by atoms with van der Waals surface area (Å²) in [4.78, 5) is 0. The minimum absolute atomic E-state index is 0.0503. The van der Waals surface area contributed by atoms with Crippen molar-refractivity contribution in [3.05, 3.63) is 59.9 Å². The van der Waals surface area contributed by atoms with E-state index in [0.29, 0.717) is 5.92 Å². The van der Waals surface area contributed by atoms with Crippen LogP contribution in [0.5, 0.6) is 0 Å². The van der Waals surface area contributed by atoms with Crippen molar-refractivity contribution in [3.63, 3.8) is 0 Å². The van der Waals surface area contributed by atoms with Crippen LogP contribution in [0.2, 0.25) is 0 Å². The second-order valence-electron chi connectivity index (χ2n) is 5.70. The number of benzene rings is 1. The molecule has 2 aromatic rings. The molecule has 4 heteroatoms. The molecule has 21 heavy (non-hydrogen) atoms. The van der Waals surface area contributed by atoms with Gasteiger partial charge in [0, 0.05) is 24.0 Å². The number of hydrogen-bond acceptors (Lipinski definition) is 1. The van der Waals surface area contributed by atoms with Crippen LogP contribution in [-0.4, -0.2) is 11.6 Å². The van der Waals surface area contributed by atoms with Gasteiger partial charge in [-0.3, -0.25) is 0 Å². The Balaban J connectivity index is 2.15. The Labute approximate surface area is 124 Å². The van der Waals surface area contributed by atoms with Crippen LogP contribution in [-0.2, 0) is 12.5 Å². The van der Waals surface area contributed by atoms with E-state index in [-0.39, 0.29) is 18.2 Å². The number of hydrogen-bond donors (Lipinski definition) is 1. The number of alkyl halides is 2. The van der Waals surface area contributed by atoms with Crippen LogP contribution in [0, 0.1) is 5.92 Å². The lowest BCUT2D eigenvalue weighted by atomic mass is 9.99. The topological polar surface area (TPSA) is 17.0 Å². The van der Waals surface area contributed by atoms with Crippen LogP contribution in [0.25, 0.3) is 0 Å². The molecular formula is C17H22F2N2. The maximum absolute atomic E-state index is 14.3. The lowest BCUT2D eigenvalue weighted by Gasteiger charge is -2.20. The van der Waals surface area contributed by atoms with Gasteiger partial charge in [-0.2, -0.15) is 8.78 Å². The first-order valence-corrected chi connectivity index (χ1v) is 7.20. The van der Waals surface area contributed by atoms with E-state index < -0.39 is 5.92 Å². The third-order valence-corrected chi connectivity index (χ3v) is 3.69. The van der Waals surface area contributed by atoms with Gasteiger partial charge in [-0.25, -0.2) is 0 Å². The minimum atomic E-state index is -2.87. The Morgan fingerprint density at radius 3 is 2.38 bits per heavy atom. The van der Waals surface area contributed by atoms with E-state index in [1.165, 1.54) is 12.1 Å². The van der Waals surface area contributed by atoms with Crippen molar-refractivity contribution in [1.29, 1.82) is 0 Å². The van der Waals surface area contributed by atoms with E-state index in [1.807, 2.05) is 13.1 Å². The van der Waals surface area contributed by atoms with Crippen molar-refractivity contribution in [1.82, 2.24) is 9.88 Å². The molecule has 0 spiro atoms. The fourth-order valence-corrected chi connectivity index (χ4v) is 2.63. The lowest BCUT2D eigenvalue weighted by Crippen LogP contribution is -2.22. The second-order valence-corrected chi connectivity index (χ2v) is 5.70. The van der Waals surface area contributed by atoms with Gasteiger partial charge in [-0.05, 0) is 24.6 Å². The van der Waals surface area contributed by atoms with E-state index >= 15 is 0 Å². The molecular weight excluding hydrogens is 270 g/mol. The van der Waals surface area contributed by atoms with Gasteiger partial charge in [0.2, 0.25) is 0 Å². The molecule has 2 nitrogen and oxygen atoms in total. The predicted octanol–water partition coefficient (Wildman–Crippen LogP) is 4.20. The average Bonchev–Trinajstić information content (AvgIpc) is 2.87. The molecule has 0 amide bonds. The van der Waals surface area contributed by atoms with Gasteiger partial charge in [-0.1, -0.05) is 44.2 Å². The Bertz CT molecular complexity index is 561. The van der Waals surface area contributed by atoms with Crippen LogP contribution in [0.4, 0.5) is 8.78 Å². The molecule has 0 aliphatic carbocycles. The van der Waals surface area contributed by atoms with Crippen molar-refractivity contribution in [3.8, 4) is 0 Å². The highest BCUT2D eigenvalue weighted by Gasteiger charge is 2.31. The molecule has 0 bridgehead atoms. The predicted molar refractivity (Wildman–Crippen MR) is 81.4 cm³/mol. The van der Waals surface area contributed by atoms with E-state index in [1.54, 1.807) is 35.2 Å². The first-order chi connectivity index (χ1) is 9.94. The van der Waals surface area contributed by atoms with Gasteiger partial charge < -0.3 is 9.88 Å². The summed E-state index contributed by atoms with van der Waals surface area (Å²) >= 11 is 0. The quantitative estimate of drug-likeness (QED) is 0.844. The summed E-state index contributed by atoms with van der Waals surface area (Å²) < 4.78 is 30.1. The van der Waals surface area contributed by atoms with E-state index in [0.717, 1.165) is 5.56 Å². The van der Waals surface area contributed by atoms with E-state index in [9.17, 15) is 8.78 Å². The summed E-state index contributed by atoms with van der Waals surface area (Å²) in [5.41, 5.74) is 1.09. The summed E-state index contributed by atoms with van der Waals surface area (Å²) in [6, 6.07) is 10.0. The monoisotopic (exact) mass is 292 g/mol. The zero-order valence-electron chi connectivity index (χ0n) is 12.7. The van der Waals surface area contributed by atoms with Crippen molar-refractivity contribution in [2.45, 2.75) is 32.4 Å². The highest BCUT2D eigenvalue weighted by atomic mass is 19.3. The molecule has 1 atom stereocenters. The molecule has 0 saturated carbocycles. The van der Waals surface area contributed by atoms with Crippen LogP contribution in [0.1, 0.15) is 31.0 Å². The number of aromatic nitrogens is 1. The Kier molecular flexibility index (Phi) is 4.78. The maximum atomic E-state index is 14.3. The molecule has 0 fully saturated rings. The molecule has 1 heterocycles. The van der Waals surface area contributed by atoms with Crippen LogP contribution in [0.15, 0.2) is 48.8 Å². The van der Waals surface area contributed by atoms with Crippen molar-refractivity contribution < 1.29 is 8.78 Å². The third kappa shape index (κ3) is 3.70. The van der Waals surface area contributed by atoms with Gasteiger partial charge in [-0.15, -0.1) is 0 Å². The van der Waals surface area contributed by atoms with Crippen molar-refractivity contribution in [2.24, 2.45) is 5.92 Å².